The molecule has 0 unspecified atom stereocenters. The van der Waals surface area contributed by atoms with Gasteiger partial charge in [0.05, 0.1) is 11.6 Å². The summed E-state index contributed by atoms with van der Waals surface area (Å²) in [5, 5.41) is 10.5. The lowest BCUT2D eigenvalue weighted by atomic mass is 9.99. The number of benzene rings is 1. The Morgan fingerprint density at radius 1 is 1.38 bits per heavy atom. The Balaban J connectivity index is 2.39. The minimum Gasteiger partial charge on any atom is -0.268 e. The Bertz CT molecular complexity index is 365. The summed E-state index contributed by atoms with van der Waals surface area (Å²) >= 11 is 0. The first-order chi connectivity index (χ1) is 6.29. The van der Waals surface area contributed by atoms with E-state index in [1.165, 1.54) is 11.1 Å². The molecular weight excluding hydrogens is 162 g/mol. The Morgan fingerprint density at radius 3 is 3.00 bits per heavy atom. The Hall–Kier alpha value is -1.37. The molecule has 0 saturated carbocycles. The number of rotatable bonds is 0. The van der Waals surface area contributed by atoms with E-state index in [1.807, 2.05) is 18.2 Å². The summed E-state index contributed by atoms with van der Waals surface area (Å²) in [6.45, 7) is 1.66. The van der Waals surface area contributed by atoms with E-state index in [0.717, 1.165) is 19.5 Å². The molecule has 0 atom stereocenters. The van der Waals surface area contributed by atoms with Crippen molar-refractivity contribution in [3.8, 4) is 6.07 Å². The van der Waals surface area contributed by atoms with Gasteiger partial charge in [-0.25, -0.2) is 5.01 Å². The summed E-state index contributed by atoms with van der Waals surface area (Å²) in [5.74, 6) is 5.69. The van der Waals surface area contributed by atoms with Crippen LogP contribution in [0.15, 0.2) is 18.2 Å². The van der Waals surface area contributed by atoms with Gasteiger partial charge >= 0.3 is 0 Å². The van der Waals surface area contributed by atoms with Crippen molar-refractivity contribution in [1.29, 1.82) is 5.26 Å². The molecule has 1 aromatic carbocycles. The van der Waals surface area contributed by atoms with Crippen LogP contribution in [-0.4, -0.2) is 11.6 Å². The largest absolute Gasteiger partial charge is 0.268 e. The maximum Gasteiger partial charge on any atom is 0.0991 e. The van der Waals surface area contributed by atoms with E-state index in [1.54, 1.807) is 5.01 Å². The highest BCUT2D eigenvalue weighted by molar-refractivity contribution is 5.39. The molecule has 2 rings (SSSR count). The predicted molar refractivity (Wildman–Crippen MR) is 49.5 cm³/mol. The van der Waals surface area contributed by atoms with Gasteiger partial charge in [0.25, 0.3) is 0 Å². The van der Waals surface area contributed by atoms with Gasteiger partial charge in [0.2, 0.25) is 0 Å². The first-order valence-electron chi connectivity index (χ1n) is 4.31. The summed E-state index contributed by atoms with van der Waals surface area (Å²) in [4.78, 5) is 0. The van der Waals surface area contributed by atoms with Gasteiger partial charge in [0, 0.05) is 13.1 Å². The number of fused-ring (bicyclic) bond motifs is 1. The smallest absolute Gasteiger partial charge is 0.0991 e. The summed E-state index contributed by atoms with van der Waals surface area (Å²) in [6.07, 6.45) is 0.984. The number of hydrogen-bond acceptors (Lipinski definition) is 3. The van der Waals surface area contributed by atoms with Crippen LogP contribution in [0.5, 0.6) is 0 Å². The lowest BCUT2D eigenvalue weighted by Gasteiger charge is -2.24. The molecule has 3 nitrogen and oxygen atoms in total. The first-order valence-corrected chi connectivity index (χ1v) is 4.31. The highest BCUT2D eigenvalue weighted by atomic mass is 15.4. The molecule has 0 aromatic heterocycles. The standard InChI is InChI=1S/C10H11N3/c11-6-8-1-2-9-3-4-13(12)7-10(9)5-8/h1-2,5H,3-4,7,12H2. The van der Waals surface area contributed by atoms with Crippen molar-refractivity contribution in [2.24, 2.45) is 5.84 Å². The summed E-state index contributed by atoms with van der Waals surface area (Å²) in [7, 11) is 0. The van der Waals surface area contributed by atoms with Gasteiger partial charge < -0.3 is 0 Å². The minimum atomic E-state index is 0.717. The van der Waals surface area contributed by atoms with E-state index in [2.05, 4.69) is 6.07 Å². The topological polar surface area (TPSA) is 53.0 Å². The Morgan fingerprint density at radius 2 is 2.23 bits per heavy atom. The second-order valence-electron chi connectivity index (χ2n) is 3.32. The van der Waals surface area contributed by atoms with Crippen LogP contribution in [-0.2, 0) is 13.0 Å². The fraction of sp³-hybridized carbons (Fsp3) is 0.300. The van der Waals surface area contributed by atoms with Crippen molar-refractivity contribution in [3.05, 3.63) is 34.9 Å². The number of hydrazine groups is 1. The number of nitrogens with two attached hydrogens (primary N) is 1. The van der Waals surface area contributed by atoms with E-state index in [9.17, 15) is 0 Å². The van der Waals surface area contributed by atoms with Crippen LogP contribution < -0.4 is 5.84 Å². The molecule has 66 valence electrons. The summed E-state index contributed by atoms with van der Waals surface area (Å²) < 4.78 is 0. The molecule has 0 aliphatic carbocycles. The normalized spacial score (nSPS) is 16.3. The SMILES string of the molecule is N#Cc1ccc2c(c1)CN(N)CC2. The third kappa shape index (κ3) is 1.55. The van der Waals surface area contributed by atoms with Crippen molar-refractivity contribution >= 4 is 0 Å². The third-order valence-electron chi connectivity index (χ3n) is 2.38. The Kier molecular flexibility index (Phi) is 2.01. The van der Waals surface area contributed by atoms with Crippen LogP contribution in [0.3, 0.4) is 0 Å². The zero-order valence-electron chi connectivity index (χ0n) is 7.33. The van der Waals surface area contributed by atoms with Crippen molar-refractivity contribution in [3.63, 3.8) is 0 Å². The molecule has 0 fully saturated rings. The van der Waals surface area contributed by atoms with Crippen LogP contribution in [0, 0.1) is 11.3 Å². The lowest BCUT2D eigenvalue weighted by molar-refractivity contribution is 0.263. The second kappa shape index (κ2) is 3.17. The van der Waals surface area contributed by atoms with E-state index >= 15 is 0 Å². The van der Waals surface area contributed by atoms with E-state index in [-0.39, 0.29) is 0 Å². The molecule has 0 spiro atoms. The number of nitrogens with zero attached hydrogens (tertiary/aromatic N) is 2. The molecule has 0 bridgehead atoms. The molecule has 13 heavy (non-hydrogen) atoms. The van der Waals surface area contributed by atoms with Gasteiger partial charge in [-0.15, -0.1) is 0 Å². The molecule has 1 aliphatic rings. The molecule has 1 aliphatic heterocycles. The van der Waals surface area contributed by atoms with Gasteiger partial charge in [-0.05, 0) is 29.7 Å². The van der Waals surface area contributed by atoms with Crippen molar-refractivity contribution in [1.82, 2.24) is 5.01 Å². The van der Waals surface area contributed by atoms with Gasteiger partial charge in [-0.3, -0.25) is 5.84 Å². The maximum atomic E-state index is 8.71. The number of nitriles is 1. The minimum absolute atomic E-state index is 0.717. The van der Waals surface area contributed by atoms with Crippen LogP contribution in [0.2, 0.25) is 0 Å². The van der Waals surface area contributed by atoms with Crippen LogP contribution in [0.1, 0.15) is 16.7 Å². The molecule has 0 radical (unpaired) electrons. The monoisotopic (exact) mass is 173 g/mol. The molecule has 1 heterocycles. The first kappa shape index (κ1) is 8.24. The molecule has 3 heteroatoms. The highest BCUT2D eigenvalue weighted by Crippen LogP contribution is 2.17. The Labute approximate surface area is 77.3 Å². The fourth-order valence-electron chi connectivity index (χ4n) is 1.65. The average molecular weight is 173 g/mol. The average Bonchev–Trinajstić information content (AvgIpc) is 2.16. The fourth-order valence-corrected chi connectivity index (χ4v) is 1.65. The van der Waals surface area contributed by atoms with Gasteiger partial charge in [0.1, 0.15) is 0 Å². The lowest BCUT2D eigenvalue weighted by Crippen LogP contribution is -2.36. The highest BCUT2D eigenvalue weighted by Gasteiger charge is 2.13. The molecule has 0 amide bonds. The summed E-state index contributed by atoms with van der Waals surface area (Å²) in [6, 6.07) is 7.95. The van der Waals surface area contributed by atoms with Crippen LogP contribution in [0.4, 0.5) is 0 Å². The van der Waals surface area contributed by atoms with Crippen LogP contribution >= 0.6 is 0 Å². The molecular formula is C10H11N3. The van der Waals surface area contributed by atoms with Gasteiger partial charge in [-0.2, -0.15) is 5.26 Å². The predicted octanol–water partition coefficient (Wildman–Crippen LogP) is 0.790. The van der Waals surface area contributed by atoms with Crippen molar-refractivity contribution in [2.45, 2.75) is 13.0 Å². The third-order valence-corrected chi connectivity index (χ3v) is 2.38. The zero-order valence-corrected chi connectivity index (χ0v) is 7.33. The van der Waals surface area contributed by atoms with Crippen molar-refractivity contribution < 1.29 is 0 Å². The molecule has 1 aromatic rings. The molecule has 2 N–H and O–H groups in total. The summed E-state index contributed by atoms with van der Waals surface area (Å²) in [5.41, 5.74) is 3.22. The van der Waals surface area contributed by atoms with Crippen LogP contribution in [0.25, 0.3) is 0 Å². The van der Waals surface area contributed by atoms with Crippen molar-refractivity contribution in [2.75, 3.05) is 6.54 Å². The quantitative estimate of drug-likeness (QED) is 0.590. The zero-order chi connectivity index (χ0) is 9.26. The van der Waals surface area contributed by atoms with E-state index in [0.29, 0.717) is 5.56 Å². The number of hydrogen-bond donors (Lipinski definition) is 1. The van der Waals surface area contributed by atoms with E-state index < -0.39 is 0 Å². The van der Waals surface area contributed by atoms with Gasteiger partial charge in [-0.1, -0.05) is 6.07 Å². The maximum absolute atomic E-state index is 8.71. The van der Waals surface area contributed by atoms with E-state index in [4.69, 9.17) is 11.1 Å². The molecule has 0 saturated heterocycles. The second-order valence-corrected chi connectivity index (χ2v) is 3.32. The van der Waals surface area contributed by atoms with Gasteiger partial charge in [0.15, 0.2) is 0 Å².